The first-order valence-corrected chi connectivity index (χ1v) is 4.99. The van der Waals surface area contributed by atoms with Crippen molar-refractivity contribution < 1.29 is 23.4 Å². The number of nitrogens with one attached hydrogen (secondary N) is 1. The molecule has 0 saturated carbocycles. The molecule has 4 nitrogen and oxygen atoms in total. The molecule has 2 N–H and O–H groups in total. The van der Waals surface area contributed by atoms with Gasteiger partial charge in [0.15, 0.2) is 0 Å². The first kappa shape index (κ1) is 13.4. The zero-order chi connectivity index (χ0) is 12.8. The average Bonchev–Trinajstić information content (AvgIpc) is 2.28. The number of aliphatic hydroxyl groups is 1. The summed E-state index contributed by atoms with van der Waals surface area (Å²) in [6, 6.07) is 4.95. The van der Waals surface area contributed by atoms with E-state index in [2.05, 4.69) is 10.1 Å². The van der Waals surface area contributed by atoms with Gasteiger partial charge in [-0.15, -0.1) is 0 Å². The molecule has 17 heavy (non-hydrogen) atoms. The number of halogens is 2. The Bertz CT molecular complexity index is 367. The number of carbonyl (C=O) groups excluding carboxylic acids is 1. The normalized spacial score (nSPS) is 12.3. The standard InChI is InChI=1S/C11H13F2NO3/c1-7(6-15)14-10(16)8-2-4-9(5-3-8)17-11(12)13/h2-5,7,11,15H,6H2,1H3,(H,14,16)/t7-/m0/s1. The molecule has 1 atom stereocenters. The van der Waals surface area contributed by atoms with Gasteiger partial charge in [-0.05, 0) is 31.2 Å². The minimum absolute atomic E-state index is 0.00763. The lowest BCUT2D eigenvalue weighted by molar-refractivity contribution is -0.0498. The molecule has 0 bridgehead atoms. The molecule has 0 aliphatic heterocycles. The largest absolute Gasteiger partial charge is 0.435 e. The molecule has 94 valence electrons. The van der Waals surface area contributed by atoms with Crippen molar-refractivity contribution in [2.24, 2.45) is 0 Å². The van der Waals surface area contributed by atoms with Gasteiger partial charge in [0.1, 0.15) is 5.75 Å². The van der Waals surface area contributed by atoms with E-state index in [1.165, 1.54) is 24.3 Å². The SMILES string of the molecule is C[C@@H](CO)NC(=O)c1ccc(OC(F)F)cc1. The van der Waals surface area contributed by atoms with Gasteiger partial charge in [-0.3, -0.25) is 4.79 Å². The summed E-state index contributed by atoms with van der Waals surface area (Å²) in [7, 11) is 0. The summed E-state index contributed by atoms with van der Waals surface area (Å²) in [5.74, 6) is -0.387. The molecule has 0 unspecified atom stereocenters. The molecule has 1 aromatic carbocycles. The van der Waals surface area contributed by atoms with Gasteiger partial charge in [0.2, 0.25) is 0 Å². The van der Waals surface area contributed by atoms with Crippen LogP contribution >= 0.6 is 0 Å². The predicted octanol–water partition coefficient (Wildman–Crippen LogP) is 1.40. The Kier molecular flexibility index (Phi) is 4.84. The minimum Gasteiger partial charge on any atom is -0.435 e. The van der Waals surface area contributed by atoms with Crippen molar-refractivity contribution in [2.75, 3.05) is 6.61 Å². The highest BCUT2D eigenvalue weighted by molar-refractivity contribution is 5.94. The van der Waals surface area contributed by atoms with E-state index in [9.17, 15) is 13.6 Å². The van der Waals surface area contributed by atoms with Crippen LogP contribution in [0.1, 0.15) is 17.3 Å². The van der Waals surface area contributed by atoms with Crippen LogP contribution in [0.2, 0.25) is 0 Å². The first-order valence-electron chi connectivity index (χ1n) is 4.99. The number of ether oxygens (including phenoxy) is 1. The first-order chi connectivity index (χ1) is 8.02. The minimum atomic E-state index is -2.89. The number of hydrogen-bond acceptors (Lipinski definition) is 3. The fourth-order valence-electron chi connectivity index (χ4n) is 1.14. The number of carbonyl (C=O) groups is 1. The quantitative estimate of drug-likeness (QED) is 0.824. The Hall–Kier alpha value is -1.69. The van der Waals surface area contributed by atoms with Crippen molar-refractivity contribution in [3.05, 3.63) is 29.8 Å². The lowest BCUT2D eigenvalue weighted by Gasteiger charge is -2.11. The van der Waals surface area contributed by atoms with Crippen molar-refractivity contribution in [2.45, 2.75) is 19.6 Å². The number of aliphatic hydroxyl groups excluding tert-OH is 1. The monoisotopic (exact) mass is 245 g/mol. The van der Waals surface area contributed by atoms with Crippen molar-refractivity contribution in [1.82, 2.24) is 5.32 Å². The molecule has 1 aromatic rings. The molecule has 0 saturated heterocycles. The number of rotatable bonds is 5. The van der Waals surface area contributed by atoms with Gasteiger partial charge in [0.05, 0.1) is 6.61 Å². The van der Waals surface area contributed by atoms with Gasteiger partial charge in [-0.2, -0.15) is 8.78 Å². The van der Waals surface area contributed by atoms with E-state index in [1.807, 2.05) is 0 Å². The zero-order valence-electron chi connectivity index (χ0n) is 9.19. The fourth-order valence-corrected chi connectivity index (χ4v) is 1.14. The lowest BCUT2D eigenvalue weighted by atomic mass is 10.2. The maximum absolute atomic E-state index is 11.9. The number of benzene rings is 1. The maximum Gasteiger partial charge on any atom is 0.387 e. The van der Waals surface area contributed by atoms with Crippen LogP contribution in [0.15, 0.2) is 24.3 Å². The highest BCUT2D eigenvalue weighted by Crippen LogP contribution is 2.14. The van der Waals surface area contributed by atoms with E-state index in [0.29, 0.717) is 5.56 Å². The van der Waals surface area contributed by atoms with E-state index in [0.717, 1.165) is 0 Å². The smallest absolute Gasteiger partial charge is 0.387 e. The van der Waals surface area contributed by atoms with Crippen LogP contribution in [-0.4, -0.2) is 30.3 Å². The Morgan fingerprint density at radius 3 is 2.47 bits per heavy atom. The molecule has 6 heteroatoms. The summed E-state index contributed by atoms with van der Waals surface area (Å²) in [5.41, 5.74) is 0.312. The summed E-state index contributed by atoms with van der Waals surface area (Å²) in [6.45, 7) is -1.41. The molecular weight excluding hydrogens is 232 g/mol. The van der Waals surface area contributed by atoms with Crippen LogP contribution in [-0.2, 0) is 0 Å². The number of alkyl halides is 2. The van der Waals surface area contributed by atoms with Gasteiger partial charge < -0.3 is 15.2 Å². The molecule has 0 radical (unpaired) electrons. The Balaban J connectivity index is 2.64. The highest BCUT2D eigenvalue weighted by Gasteiger charge is 2.10. The predicted molar refractivity (Wildman–Crippen MR) is 57.1 cm³/mol. The number of hydrogen-bond donors (Lipinski definition) is 2. The third-order valence-corrected chi connectivity index (χ3v) is 1.99. The fraction of sp³-hybridized carbons (Fsp3) is 0.364. The summed E-state index contributed by atoms with van der Waals surface area (Å²) in [6.07, 6.45) is 0. The van der Waals surface area contributed by atoms with Gasteiger partial charge in [-0.25, -0.2) is 0 Å². The molecule has 0 fully saturated rings. The van der Waals surface area contributed by atoms with E-state index in [-0.39, 0.29) is 24.3 Å². The van der Waals surface area contributed by atoms with E-state index < -0.39 is 6.61 Å². The van der Waals surface area contributed by atoms with E-state index in [4.69, 9.17) is 5.11 Å². The van der Waals surface area contributed by atoms with Crippen LogP contribution in [0.4, 0.5) is 8.78 Å². The molecule has 0 spiro atoms. The number of amides is 1. The zero-order valence-corrected chi connectivity index (χ0v) is 9.19. The van der Waals surface area contributed by atoms with Crippen LogP contribution in [0.3, 0.4) is 0 Å². The highest BCUT2D eigenvalue weighted by atomic mass is 19.3. The van der Waals surface area contributed by atoms with Gasteiger partial charge in [0.25, 0.3) is 5.91 Å². The Morgan fingerprint density at radius 1 is 1.41 bits per heavy atom. The molecule has 0 aliphatic rings. The summed E-state index contributed by atoms with van der Waals surface area (Å²) < 4.78 is 27.9. The van der Waals surface area contributed by atoms with E-state index in [1.54, 1.807) is 6.92 Å². The van der Waals surface area contributed by atoms with Crippen LogP contribution in [0.5, 0.6) is 5.75 Å². The Labute approximate surface area is 97.2 Å². The molecule has 0 heterocycles. The lowest BCUT2D eigenvalue weighted by Crippen LogP contribution is -2.34. The van der Waals surface area contributed by atoms with Crippen LogP contribution in [0, 0.1) is 0 Å². The van der Waals surface area contributed by atoms with Crippen molar-refractivity contribution >= 4 is 5.91 Å². The van der Waals surface area contributed by atoms with Crippen LogP contribution < -0.4 is 10.1 Å². The molecule has 1 amide bonds. The van der Waals surface area contributed by atoms with E-state index >= 15 is 0 Å². The van der Waals surface area contributed by atoms with Crippen molar-refractivity contribution in [3.8, 4) is 5.75 Å². The summed E-state index contributed by atoms with van der Waals surface area (Å²) >= 11 is 0. The molecular formula is C11H13F2NO3. The van der Waals surface area contributed by atoms with Crippen molar-refractivity contribution in [1.29, 1.82) is 0 Å². The van der Waals surface area contributed by atoms with Gasteiger partial charge in [-0.1, -0.05) is 0 Å². The summed E-state index contributed by atoms with van der Waals surface area (Å²) in [5, 5.41) is 11.3. The topological polar surface area (TPSA) is 58.6 Å². The average molecular weight is 245 g/mol. The second-order valence-electron chi connectivity index (χ2n) is 3.46. The maximum atomic E-state index is 11.9. The molecule has 0 aliphatic carbocycles. The third-order valence-electron chi connectivity index (χ3n) is 1.99. The third kappa shape index (κ3) is 4.36. The van der Waals surface area contributed by atoms with Crippen LogP contribution in [0.25, 0.3) is 0 Å². The van der Waals surface area contributed by atoms with Gasteiger partial charge in [0, 0.05) is 11.6 Å². The molecule has 1 rings (SSSR count). The second-order valence-corrected chi connectivity index (χ2v) is 3.46. The van der Waals surface area contributed by atoms with Crippen molar-refractivity contribution in [3.63, 3.8) is 0 Å². The summed E-state index contributed by atoms with van der Waals surface area (Å²) in [4.78, 5) is 11.5. The Morgan fingerprint density at radius 2 is 2.00 bits per heavy atom. The van der Waals surface area contributed by atoms with Gasteiger partial charge >= 0.3 is 6.61 Å². The second kappa shape index (κ2) is 6.15. The molecule has 0 aromatic heterocycles.